The predicted octanol–water partition coefficient (Wildman–Crippen LogP) is 4.77. The van der Waals surface area contributed by atoms with E-state index in [0.717, 1.165) is 5.56 Å². The summed E-state index contributed by atoms with van der Waals surface area (Å²) in [4.78, 5) is 22.1. The van der Waals surface area contributed by atoms with Gasteiger partial charge in [-0.3, -0.25) is 14.9 Å². The van der Waals surface area contributed by atoms with Crippen molar-refractivity contribution in [2.75, 3.05) is 11.1 Å². The number of hydrogen-bond donors (Lipinski definition) is 1. The van der Waals surface area contributed by atoms with Gasteiger partial charge in [-0.1, -0.05) is 41.4 Å². The standard InChI is InChI=1S/C15H12Cl2N2O3S/c16-12-4-2-1-3-10(12)8-23-9-15(20)18-14-7-11(19(21)22)5-6-13(14)17/h1-7H,8-9H2,(H,18,20). The van der Waals surface area contributed by atoms with Crippen LogP contribution in [0.2, 0.25) is 10.0 Å². The maximum atomic E-state index is 11.9. The van der Waals surface area contributed by atoms with E-state index in [1.807, 2.05) is 18.2 Å². The Morgan fingerprint density at radius 2 is 1.91 bits per heavy atom. The first-order chi connectivity index (χ1) is 11.0. The zero-order valence-electron chi connectivity index (χ0n) is 11.8. The van der Waals surface area contributed by atoms with Crippen LogP contribution in [-0.2, 0) is 10.5 Å². The number of nitro benzene ring substituents is 1. The van der Waals surface area contributed by atoms with Crippen LogP contribution >= 0.6 is 35.0 Å². The number of non-ortho nitro benzene ring substituents is 1. The second-order valence-corrected chi connectivity index (χ2v) is 6.35. The highest BCUT2D eigenvalue weighted by atomic mass is 35.5. The molecule has 0 radical (unpaired) electrons. The molecule has 0 fully saturated rings. The van der Waals surface area contributed by atoms with Crippen LogP contribution in [0.3, 0.4) is 0 Å². The minimum Gasteiger partial charge on any atom is -0.324 e. The SMILES string of the molecule is O=C(CSCc1ccccc1Cl)Nc1cc([N+](=O)[O-])ccc1Cl. The zero-order valence-corrected chi connectivity index (χ0v) is 14.1. The molecule has 0 aliphatic heterocycles. The molecule has 0 heterocycles. The molecule has 2 aromatic rings. The monoisotopic (exact) mass is 370 g/mol. The lowest BCUT2D eigenvalue weighted by Crippen LogP contribution is -2.14. The van der Waals surface area contributed by atoms with Gasteiger partial charge < -0.3 is 5.32 Å². The van der Waals surface area contributed by atoms with Crippen molar-refractivity contribution in [1.82, 2.24) is 0 Å². The van der Waals surface area contributed by atoms with E-state index >= 15 is 0 Å². The summed E-state index contributed by atoms with van der Waals surface area (Å²) in [6.45, 7) is 0. The van der Waals surface area contributed by atoms with Gasteiger partial charge in [0.25, 0.3) is 5.69 Å². The summed E-state index contributed by atoms with van der Waals surface area (Å²) in [6, 6.07) is 11.3. The molecule has 0 saturated heterocycles. The maximum absolute atomic E-state index is 11.9. The number of hydrogen-bond acceptors (Lipinski definition) is 4. The third-order valence-corrected chi connectivity index (χ3v) is 4.56. The van der Waals surface area contributed by atoms with Crippen molar-refractivity contribution < 1.29 is 9.72 Å². The van der Waals surface area contributed by atoms with Gasteiger partial charge in [0.1, 0.15) is 0 Å². The van der Waals surface area contributed by atoms with Gasteiger partial charge in [0.05, 0.1) is 21.4 Å². The van der Waals surface area contributed by atoms with Crippen LogP contribution in [0.4, 0.5) is 11.4 Å². The van der Waals surface area contributed by atoms with Crippen LogP contribution in [0.15, 0.2) is 42.5 Å². The first kappa shape index (κ1) is 17.6. The van der Waals surface area contributed by atoms with Crippen LogP contribution in [0, 0.1) is 10.1 Å². The highest BCUT2D eigenvalue weighted by Crippen LogP contribution is 2.27. The fourth-order valence-electron chi connectivity index (χ4n) is 1.78. The molecule has 1 amide bonds. The molecule has 23 heavy (non-hydrogen) atoms. The average molecular weight is 371 g/mol. The van der Waals surface area contributed by atoms with E-state index < -0.39 is 4.92 Å². The van der Waals surface area contributed by atoms with Crippen LogP contribution in [0.25, 0.3) is 0 Å². The molecule has 120 valence electrons. The van der Waals surface area contributed by atoms with Crippen molar-refractivity contribution >= 4 is 52.2 Å². The van der Waals surface area contributed by atoms with E-state index in [2.05, 4.69) is 5.32 Å². The summed E-state index contributed by atoms with van der Waals surface area (Å²) in [6.07, 6.45) is 0. The van der Waals surface area contributed by atoms with Crippen LogP contribution < -0.4 is 5.32 Å². The van der Waals surface area contributed by atoms with Crippen LogP contribution in [-0.4, -0.2) is 16.6 Å². The van der Waals surface area contributed by atoms with E-state index in [1.165, 1.54) is 30.0 Å². The van der Waals surface area contributed by atoms with Gasteiger partial charge in [-0.25, -0.2) is 0 Å². The number of nitrogens with one attached hydrogen (secondary N) is 1. The van der Waals surface area contributed by atoms with Crippen molar-refractivity contribution in [1.29, 1.82) is 0 Å². The highest BCUT2D eigenvalue weighted by Gasteiger charge is 2.12. The highest BCUT2D eigenvalue weighted by molar-refractivity contribution is 7.99. The molecule has 0 aromatic heterocycles. The van der Waals surface area contributed by atoms with E-state index in [9.17, 15) is 14.9 Å². The van der Waals surface area contributed by atoms with Gasteiger partial charge in [-0.2, -0.15) is 0 Å². The first-order valence-electron chi connectivity index (χ1n) is 6.52. The number of thioether (sulfide) groups is 1. The van der Waals surface area contributed by atoms with Crippen LogP contribution in [0.5, 0.6) is 0 Å². The fourth-order valence-corrected chi connectivity index (χ4v) is 3.06. The molecule has 0 bridgehead atoms. The maximum Gasteiger partial charge on any atom is 0.271 e. The summed E-state index contributed by atoms with van der Waals surface area (Å²) in [7, 11) is 0. The summed E-state index contributed by atoms with van der Waals surface area (Å²) in [5.74, 6) is 0.490. The molecule has 0 spiro atoms. The lowest BCUT2D eigenvalue weighted by atomic mass is 10.2. The third-order valence-electron chi connectivity index (χ3n) is 2.88. The van der Waals surface area contributed by atoms with Gasteiger partial charge >= 0.3 is 0 Å². The van der Waals surface area contributed by atoms with E-state index in [-0.39, 0.29) is 28.1 Å². The molecule has 1 N–H and O–H groups in total. The molecule has 0 atom stereocenters. The number of benzene rings is 2. The lowest BCUT2D eigenvalue weighted by Gasteiger charge is -2.07. The average Bonchev–Trinajstić information content (AvgIpc) is 2.51. The van der Waals surface area contributed by atoms with Gasteiger partial charge in [0.15, 0.2) is 0 Å². The Balaban J connectivity index is 1.91. The van der Waals surface area contributed by atoms with Gasteiger partial charge in [-0.15, -0.1) is 11.8 Å². The molecule has 0 unspecified atom stereocenters. The lowest BCUT2D eigenvalue weighted by molar-refractivity contribution is -0.384. The number of carbonyl (C=O) groups is 1. The van der Waals surface area contributed by atoms with Gasteiger partial charge in [0, 0.05) is 22.9 Å². The van der Waals surface area contributed by atoms with E-state index in [0.29, 0.717) is 10.8 Å². The summed E-state index contributed by atoms with van der Waals surface area (Å²) in [5.41, 5.74) is 1.04. The molecule has 0 aliphatic rings. The number of carbonyl (C=O) groups excluding carboxylic acids is 1. The summed E-state index contributed by atoms with van der Waals surface area (Å²) in [5, 5.41) is 14.2. The number of amides is 1. The van der Waals surface area contributed by atoms with Crippen molar-refractivity contribution in [2.45, 2.75) is 5.75 Å². The Labute approximate surface area is 147 Å². The van der Waals surface area contributed by atoms with Crippen molar-refractivity contribution in [2.24, 2.45) is 0 Å². The van der Waals surface area contributed by atoms with Gasteiger partial charge in [-0.05, 0) is 17.7 Å². The van der Waals surface area contributed by atoms with Crippen molar-refractivity contribution in [3.63, 3.8) is 0 Å². The Morgan fingerprint density at radius 3 is 2.61 bits per heavy atom. The predicted molar refractivity (Wildman–Crippen MR) is 94.4 cm³/mol. The first-order valence-corrected chi connectivity index (χ1v) is 8.43. The third kappa shape index (κ3) is 5.13. The molecule has 0 saturated carbocycles. The Bertz CT molecular complexity index is 740. The topological polar surface area (TPSA) is 72.2 Å². The van der Waals surface area contributed by atoms with E-state index in [4.69, 9.17) is 23.2 Å². The molecular weight excluding hydrogens is 359 g/mol. The molecule has 2 aromatic carbocycles. The second-order valence-electron chi connectivity index (χ2n) is 4.55. The van der Waals surface area contributed by atoms with Crippen molar-refractivity contribution in [3.8, 4) is 0 Å². The summed E-state index contributed by atoms with van der Waals surface area (Å²) >= 11 is 13.4. The number of nitrogens with zero attached hydrogens (tertiary/aromatic N) is 1. The number of nitro groups is 1. The van der Waals surface area contributed by atoms with Gasteiger partial charge in [0.2, 0.25) is 5.91 Å². The minimum absolute atomic E-state index is 0.131. The zero-order chi connectivity index (χ0) is 16.8. The molecule has 2 rings (SSSR count). The quantitative estimate of drug-likeness (QED) is 0.586. The second kappa shape index (κ2) is 8.19. The fraction of sp³-hybridized carbons (Fsp3) is 0.133. The number of anilines is 1. The largest absolute Gasteiger partial charge is 0.324 e. The Morgan fingerprint density at radius 1 is 1.17 bits per heavy atom. The molecular formula is C15H12Cl2N2O3S. The van der Waals surface area contributed by atoms with E-state index in [1.54, 1.807) is 6.07 Å². The smallest absolute Gasteiger partial charge is 0.271 e. The van der Waals surface area contributed by atoms with Crippen LogP contribution in [0.1, 0.15) is 5.56 Å². The molecule has 0 aliphatic carbocycles. The number of halogens is 2. The van der Waals surface area contributed by atoms with Crippen molar-refractivity contribution in [3.05, 3.63) is 68.2 Å². The Hall–Kier alpha value is -1.76. The Kier molecular flexibility index (Phi) is 6.27. The summed E-state index contributed by atoms with van der Waals surface area (Å²) < 4.78 is 0. The molecule has 8 heteroatoms. The number of rotatable bonds is 6. The molecule has 5 nitrogen and oxygen atoms in total. The normalized spacial score (nSPS) is 10.3. The minimum atomic E-state index is -0.544.